The minimum absolute atomic E-state index is 0.0865. The van der Waals surface area contributed by atoms with Crippen LogP contribution in [0.4, 0.5) is 4.39 Å². The summed E-state index contributed by atoms with van der Waals surface area (Å²) in [4.78, 5) is 0. The molecule has 0 heterocycles. The number of hydrogen-bond donors (Lipinski definition) is 0. The van der Waals surface area contributed by atoms with Gasteiger partial charge in [-0.1, -0.05) is 26.3 Å². The molecule has 23 heavy (non-hydrogen) atoms. The van der Waals surface area contributed by atoms with Crippen molar-refractivity contribution in [3.05, 3.63) is 34.6 Å². The molecule has 0 aliphatic heterocycles. The highest BCUT2D eigenvalue weighted by atomic mass is 19.1. The Balaban J connectivity index is 1.54. The predicted molar refractivity (Wildman–Crippen MR) is 94.2 cm³/mol. The van der Waals surface area contributed by atoms with Crippen LogP contribution in [0.25, 0.3) is 0 Å². The van der Waals surface area contributed by atoms with Gasteiger partial charge in [-0.05, 0) is 104 Å². The molecular formula is C22H31F. The Labute approximate surface area is 140 Å². The van der Waals surface area contributed by atoms with Crippen molar-refractivity contribution < 1.29 is 4.39 Å². The maximum atomic E-state index is 14.6. The highest BCUT2D eigenvalue weighted by Crippen LogP contribution is 2.48. The van der Waals surface area contributed by atoms with Crippen LogP contribution in [0.2, 0.25) is 0 Å². The van der Waals surface area contributed by atoms with Crippen molar-refractivity contribution in [3.8, 4) is 0 Å². The van der Waals surface area contributed by atoms with E-state index in [-0.39, 0.29) is 5.82 Å². The van der Waals surface area contributed by atoms with Gasteiger partial charge in [0.25, 0.3) is 0 Å². The zero-order chi connectivity index (χ0) is 16.0. The second-order valence-electron chi connectivity index (χ2n) is 8.94. The second kappa shape index (κ2) is 6.22. The molecule has 0 nitrogen and oxygen atoms in total. The molecule has 1 aromatic carbocycles. The van der Waals surface area contributed by atoms with Crippen LogP contribution >= 0.6 is 0 Å². The molecule has 0 N–H and O–H groups in total. The summed E-state index contributed by atoms with van der Waals surface area (Å²) in [7, 11) is 0. The van der Waals surface area contributed by atoms with Crippen molar-refractivity contribution in [2.24, 2.45) is 23.7 Å². The first-order chi connectivity index (χ1) is 11.1. The second-order valence-corrected chi connectivity index (χ2v) is 8.94. The minimum Gasteiger partial charge on any atom is -0.207 e. The van der Waals surface area contributed by atoms with E-state index >= 15 is 0 Å². The Morgan fingerprint density at radius 2 is 1.65 bits per heavy atom. The lowest BCUT2D eigenvalue weighted by molar-refractivity contribution is 0.124. The number of halogens is 1. The van der Waals surface area contributed by atoms with E-state index in [0.717, 1.165) is 36.2 Å². The summed E-state index contributed by atoms with van der Waals surface area (Å²) in [5.74, 6) is 4.13. The largest absolute Gasteiger partial charge is 0.207 e. The van der Waals surface area contributed by atoms with Crippen LogP contribution in [-0.4, -0.2) is 0 Å². The average molecular weight is 314 g/mol. The summed E-state index contributed by atoms with van der Waals surface area (Å²) in [5.41, 5.74) is 3.65. The normalized spacial score (nSPS) is 37.1. The third-order valence-corrected chi connectivity index (χ3v) is 7.12. The van der Waals surface area contributed by atoms with Gasteiger partial charge in [-0.25, -0.2) is 4.39 Å². The van der Waals surface area contributed by atoms with Gasteiger partial charge in [-0.15, -0.1) is 0 Å². The van der Waals surface area contributed by atoms with Gasteiger partial charge in [0, 0.05) is 0 Å². The van der Waals surface area contributed by atoms with Gasteiger partial charge in [0.15, 0.2) is 0 Å². The van der Waals surface area contributed by atoms with Crippen molar-refractivity contribution >= 4 is 0 Å². The van der Waals surface area contributed by atoms with E-state index in [0.29, 0.717) is 11.8 Å². The van der Waals surface area contributed by atoms with Gasteiger partial charge in [0.1, 0.15) is 5.82 Å². The fraction of sp³-hybridized carbons (Fsp3) is 0.727. The number of fused-ring (bicyclic) bond motifs is 2. The standard InChI is InChI=1S/C22H31F/c1-14-3-5-17-11-18(8-7-16(17)9-14)20-12-19-6-4-15(2)10-21(19)22(23)13-20/h12-18H,3-11H2,1-2H3. The molecule has 0 radical (unpaired) electrons. The van der Waals surface area contributed by atoms with Gasteiger partial charge in [0.2, 0.25) is 0 Å². The molecule has 126 valence electrons. The van der Waals surface area contributed by atoms with Crippen LogP contribution in [0.1, 0.15) is 81.4 Å². The third-order valence-electron chi connectivity index (χ3n) is 7.12. The average Bonchev–Trinajstić information content (AvgIpc) is 2.55. The van der Waals surface area contributed by atoms with E-state index in [1.54, 1.807) is 0 Å². The van der Waals surface area contributed by atoms with Gasteiger partial charge >= 0.3 is 0 Å². The Morgan fingerprint density at radius 3 is 2.52 bits per heavy atom. The maximum absolute atomic E-state index is 14.6. The Bertz CT molecular complexity index is 576. The van der Waals surface area contributed by atoms with E-state index < -0.39 is 0 Å². The van der Waals surface area contributed by atoms with Crippen LogP contribution in [0.15, 0.2) is 12.1 Å². The zero-order valence-electron chi connectivity index (χ0n) is 14.8. The molecule has 0 saturated heterocycles. The van der Waals surface area contributed by atoms with E-state index in [4.69, 9.17) is 0 Å². The van der Waals surface area contributed by atoms with Gasteiger partial charge in [-0.3, -0.25) is 0 Å². The summed E-state index contributed by atoms with van der Waals surface area (Å²) in [6, 6.07) is 4.27. The van der Waals surface area contributed by atoms with Crippen LogP contribution in [0.3, 0.4) is 0 Å². The van der Waals surface area contributed by atoms with Gasteiger partial charge in [0.05, 0.1) is 0 Å². The van der Waals surface area contributed by atoms with Crippen molar-refractivity contribution in [2.45, 2.75) is 77.6 Å². The fourth-order valence-electron chi connectivity index (χ4n) is 5.68. The van der Waals surface area contributed by atoms with Crippen molar-refractivity contribution in [1.29, 1.82) is 0 Å². The molecule has 2 saturated carbocycles. The highest BCUT2D eigenvalue weighted by molar-refractivity contribution is 5.37. The molecule has 0 spiro atoms. The van der Waals surface area contributed by atoms with Crippen molar-refractivity contribution in [2.75, 3.05) is 0 Å². The van der Waals surface area contributed by atoms with Crippen LogP contribution in [-0.2, 0) is 12.8 Å². The van der Waals surface area contributed by atoms with E-state index in [9.17, 15) is 4.39 Å². The quantitative estimate of drug-likeness (QED) is 0.573. The summed E-state index contributed by atoms with van der Waals surface area (Å²) >= 11 is 0. The third kappa shape index (κ3) is 3.08. The van der Waals surface area contributed by atoms with E-state index in [2.05, 4.69) is 19.9 Å². The summed E-state index contributed by atoms with van der Waals surface area (Å²) in [6.07, 6.45) is 11.5. The molecular weight excluding hydrogens is 283 g/mol. The Morgan fingerprint density at radius 1 is 0.870 bits per heavy atom. The topological polar surface area (TPSA) is 0 Å². The van der Waals surface area contributed by atoms with Gasteiger partial charge in [-0.2, -0.15) is 0 Å². The van der Waals surface area contributed by atoms with Crippen LogP contribution in [0, 0.1) is 29.5 Å². The minimum atomic E-state index is 0.0865. The lowest BCUT2D eigenvalue weighted by Crippen LogP contribution is -2.29. The predicted octanol–water partition coefficient (Wildman–Crippen LogP) is 6.27. The maximum Gasteiger partial charge on any atom is 0.126 e. The molecule has 4 rings (SSSR count). The molecule has 5 atom stereocenters. The summed E-state index contributed by atoms with van der Waals surface area (Å²) in [5, 5.41) is 0. The van der Waals surface area contributed by atoms with E-state index in [1.807, 2.05) is 6.07 Å². The first-order valence-corrected chi connectivity index (χ1v) is 9.91. The van der Waals surface area contributed by atoms with E-state index in [1.165, 1.54) is 56.1 Å². The monoisotopic (exact) mass is 314 g/mol. The molecule has 5 unspecified atom stereocenters. The molecule has 0 aromatic heterocycles. The SMILES string of the molecule is CC1CCc2cc(C3CCC4CC(C)CCC4C3)cc(F)c2C1. The summed E-state index contributed by atoms with van der Waals surface area (Å²) < 4.78 is 14.6. The first kappa shape index (κ1) is 15.7. The lowest BCUT2D eigenvalue weighted by atomic mass is 9.64. The molecule has 0 amide bonds. The smallest absolute Gasteiger partial charge is 0.126 e. The Hall–Kier alpha value is -0.850. The fourth-order valence-corrected chi connectivity index (χ4v) is 5.68. The first-order valence-electron chi connectivity index (χ1n) is 9.91. The highest BCUT2D eigenvalue weighted by Gasteiger charge is 2.35. The molecule has 0 bridgehead atoms. The molecule has 3 aliphatic carbocycles. The summed E-state index contributed by atoms with van der Waals surface area (Å²) in [6.45, 7) is 4.67. The number of hydrogen-bond acceptors (Lipinski definition) is 0. The molecule has 2 fully saturated rings. The molecule has 1 heteroatoms. The Kier molecular flexibility index (Phi) is 4.24. The number of aryl methyl sites for hydroxylation is 1. The van der Waals surface area contributed by atoms with Crippen LogP contribution < -0.4 is 0 Å². The van der Waals surface area contributed by atoms with Gasteiger partial charge < -0.3 is 0 Å². The van der Waals surface area contributed by atoms with Crippen molar-refractivity contribution in [3.63, 3.8) is 0 Å². The van der Waals surface area contributed by atoms with Crippen molar-refractivity contribution in [1.82, 2.24) is 0 Å². The molecule has 3 aliphatic rings. The zero-order valence-corrected chi connectivity index (χ0v) is 14.8. The number of rotatable bonds is 1. The lowest BCUT2D eigenvalue weighted by Gasteiger charge is -2.41. The van der Waals surface area contributed by atoms with Crippen LogP contribution in [0.5, 0.6) is 0 Å². The number of benzene rings is 1. The molecule has 1 aromatic rings.